The Balaban J connectivity index is 1.31. The fraction of sp³-hybridized carbons (Fsp3) is 0.227. The Bertz CT molecular complexity index is 952. The predicted octanol–water partition coefficient (Wildman–Crippen LogP) is 4.14. The molecular weight excluding hydrogens is 369 g/mol. The fourth-order valence-electron chi connectivity index (χ4n) is 3.32. The number of hydrogen-bond acceptors (Lipinski definition) is 5. The Morgan fingerprint density at radius 3 is 2.21 bits per heavy atom. The molecule has 2 N–H and O–H groups in total. The third-order valence-corrected chi connectivity index (χ3v) is 4.82. The first kappa shape index (κ1) is 18.9. The van der Waals surface area contributed by atoms with Gasteiger partial charge in [-0.2, -0.15) is 0 Å². The van der Waals surface area contributed by atoms with Crippen molar-refractivity contribution in [3.8, 4) is 0 Å². The quantitative estimate of drug-likeness (QED) is 0.661. The van der Waals surface area contributed by atoms with Gasteiger partial charge in [-0.15, -0.1) is 10.2 Å². The van der Waals surface area contributed by atoms with E-state index in [1.807, 2.05) is 12.1 Å². The van der Waals surface area contributed by atoms with Crippen LogP contribution in [0.25, 0.3) is 0 Å². The summed E-state index contributed by atoms with van der Waals surface area (Å²) in [5, 5.41) is 14.1. The Hall–Kier alpha value is -3.48. The number of anilines is 4. The zero-order chi connectivity index (χ0) is 20.1. The summed E-state index contributed by atoms with van der Waals surface area (Å²) < 4.78 is 12.9. The molecule has 0 aliphatic carbocycles. The van der Waals surface area contributed by atoms with Crippen LogP contribution in [0.2, 0.25) is 0 Å². The number of rotatable bonds is 6. The zero-order valence-electron chi connectivity index (χ0n) is 15.9. The van der Waals surface area contributed by atoms with E-state index >= 15 is 0 Å². The van der Waals surface area contributed by atoms with Crippen molar-refractivity contribution in [1.82, 2.24) is 10.2 Å². The van der Waals surface area contributed by atoms with Gasteiger partial charge in [0.05, 0.1) is 6.42 Å². The van der Waals surface area contributed by atoms with Crippen LogP contribution in [0.15, 0.2) is 60.7 Å². The van der Waals surface area contributed by atoms with Crippen LogP contribution in [0, 0.1) is 5.82 Å². The lowest BCUT2D eigenvalue weighted by Gasteiger charge is -2.17. The summed E-state index contributed by atoms with van der Waals surface area (Å²) in [6.45, 7) is 2.24. The lowest BCUT2D eigenvalue weighted by atomic mass is 10.1. The second kappa shape index (κ2) is 8.68. The molecule has 1 aliphatic rings. The van der Waals surface area contributed by atoms with Gasteiger partial charge in [-0.3, -0.25) is 4.79 Å². The van der Waals surface area contributed by atoms with Gasteiger partial charge >= 0.3 is 0 Å². The van der Waals surface area contributed by atoms with Crippen LogP contribution in [0.3, 0.4) is 0 Å². The molecule has 4 rings (SSSR count). The number of aromatic nitrogens is 2. The molecule has 29 heavy (non-hydrogen) atoms. The lowest BCUT2D eigenvalue weighted by Crippen LogP contribution is -2.17. The summed E-state index contributed by atoms with van der Waals surface area (Å²) in [6, 6.07) is 17.5. The number of carbonyl (C=O) groups is 1. The van der Waals surface area contributed by atoms with E-state index < -0.39 is 0 Å². The number of benzene rings is 2. The second-order valence-corrected chi connectivity index (χ2v) is 7.02. The van der Waals surface area contributed by atoms with Crippen molar-refractivity contribution in [2.45, 2.75) is 19.3 Å². The number of amides is 1. The minimum absolute atomic E-state index is 0.144. The molecular formula is C22H22FN5O. The summed E-state index contributed by atoms with van der Waals surface area (Å²) in [5.74, 6) is 0.403. The largest absolute Gasteiger partial charge is 0.372 e. The van der Waals surface area contributed by atoms with Crippen LogP contribution in [0.1, 0.15) is 18.4 Å². The molecule has 0 spiro atoms. The average molecular weight is 391 g/mol. The van der Waals surface area contributed by atoms with Gasteiger partial charge in [0, 0.05) is 24.5 Å². The zero-order valence-corrected chi connectivity index (χ0v) is 15.9. The van der Waals surface area contributed by atoms with Gasteiger partial charge in [-0.05, 0) is 66.9 Å². The SMILES string of the molecule is O=C(Cc1ccc(F)cc1)Nc1ccc(Nc2ccc(N3CCCC3)cc2)nn1. The maximum atomic E-state index is 12.9. The topological polar surface area (TPSA) is 70.2 Å². The Morgan fingerprint density at radius 2 is 1.55 bits per heavy atom. The summed E-state index contributed by atoms with van der Waals surface area (Å²) in [4.78, 5) is 14.5. The van der Waals surface area contributed by atoms with Crippen molar-refractivity contribution in [3.63, 3.8) is 0 Å². The van der Waals surface area contributed by atoms with Crippen LogP contribution >= 0.6 is 0 Å². The molecule has 0 bridgehead atoms. The Kier molecular flexibility index (Phi) is 5.65. The monoisotopic (exact) mass is 391 g/mol. The van der Waals surface area contributed by atoms with Crippen molar-refractivity contribution >= 4 is 28.9 Å². The number of carbonyl (C=O) groups excluding carboxylic acids is 1. The summed E-state index contributed by atoms with van der Waals surface area (Å²) in [6.07, 6.45) is 2.65. The van der Waals surface area contributed by atoms with E-state index in [0.717, 1.165) is 24.3 Å². The third-order valence-electron chi connectivity index (χ3n) is 4.82. The molecule has 6 nitrogen and oxygen atoms in total. The van der Waals surface area contributed by atoms with Gasteiger partial charge in [0.15, 0.2) is 11.6 Å². The maximum Gasteiger partial charge on any atom is 0.229 e. The molecule has 3 aromatic rings. The first-order valence-corrected chi connectivity index (χ1v) is 9.66. The smallest absolute Gasteiger partial charge is 0.229 e. The number of halogens is 1. The van der Waals surface area contributed by atoms with Crippen molar-refractivity contribution in [1.29, 1.82) is 0 Å². The molecule has 2 heterocycles. The first-order valence-electron chi connectivity index (χ1n) is 9.66. The van der Waals surface area contributed by atoms with Gasteiger partial charge in [-0.1, -0.05) is 12.1 Å². The Morgan fingerprint density at radius 1 is 0.897 bits per heavy atom. The molecule has 0 atom stereocenters. The van der Waals surface area contributed by atoms with E-state index in [1.165, 1.54) is 30.7 Å². The highest BCUT2D eigenvalue weighted by atomic mass is 19.1. The molecule has 1 aliphatic heterocycles. The lowest BCUT2D eigenvalue weighted by molar-refractivity contribution is -0.115. The van der Waals surface area contributed by atoms with Crippen LogP contribution < -0.4 is 15.5 Å². The van der Waals surface area contributed by atoms with Crippen LogP contribution in [-0.4, -0.2) is 29.2 Å². The summed E-state index contributed by atoms with van der Waals surface area (Å²) in [5.41, 5.74) is 2.89. The van der Waals surface area contributed by atoms with E-state index in [2.05, 4.69) is 37.9 Å². The van der Waals surface area contributed by atoms with Gasteiger partial charge in [0.1, 0.15) is 5.82 Å². The average Bonchev–Trinajstić information content (AvgIpc) is 3.27. The van der Waals surface area contributed by atoms with Gasteiger partial charge in [0.2, 0.25) is 5.91 Å². The van der Waals surface area contributed by atoms with Gasteiger partial charge in [-0.25, -0.2) is 4.39 Å². The molecule has 1 aromatic heterocycles. The summed E-state index contributed by atoms with van der Waals surface area (Å²) in [7, 11) is 0. The van der Waals surface area contributed by atoms with Crippen LogP contribution in [0.4, 0.5) is 27.4 Å². The Labute approximate surface area is 168 Å². The minimum Gasteiger partial charge on any atom is -0.372 e. The van der Waals surface area contributed by atoms with E-state index in [9.17, 15) is 9.18 Å². The third kappa shape index (κ3) is 5.07. The van der Waals surface area contributed by atoms with Crippen LogP contribution in [0.5, 0.6) is 0 Å². The van der Waals surface area contributed by atoms with Crippen molar-refractivity contribution in [2.75, 3.05) is 28.6 Å². The molecule has 2 aromatic carbocycles. The van der Waals surface area contributed by atoms with Crippen LogP contribution in [-0.2, 0) is 11.2 Å². The summed E-state index contributed by atoms with van der Waals surface area (Å²) >= 11 is 0. The molecule has 1 fully saturated rings. The highest BCUT2D eigenvalue weighted by Crippen LogP contribution is 2.23. The number of hydrogen-bond donors (Lipinski definition) is 2. The normalized spacial score (nSPS) is 13.3. The second-order valence-electron chi connectivity index (χ2n) is 7.02. The first-order chi connectivity index (χ1) is 14.2. The minimum atomic E-state index is -0.325. The standard InChI is InChI=1S/C22H22FN5O/c23-17-5-3-16(4-6-17)15-22(29)25-21-12-11-20(26-27-21)24-18-7-9-19(10-8-18)28-13-1-2-14-28/h3-12H,1-2,13-15H2,(H,24,26)(H,25,27,29). The van der Waals surface area contributed by atoms with E-state index in [-0.39, 0.29) is 18.1 Å². The van der Waals surface area contributed by atoms with E-state index in [1.54, 1.807) is 24.3 Å². The van der Waals surface area contributed by atoms with E-state index in [4.69, 9.17) is 0 Å². The van der Waals surface area contributed by atoms with Crippen molar-refractivity contribution < 1.29 is 9.18 Å². The maximum absolute atomic E-state index is 12.9. The van der Waals surface area contributed by atoms with Gasteiger partial charge in [0.25, 0.3) is 0 Å². The van der Waals surface area contributed by atoms with Crippen molar-refractivity contribution in [2.24, 2.45) is 0 Å². The number of nitrogens with zero attached hydrogens (tertiary/aromatic N) is 3. The highest BCUT2D eigenvalue weighted by Gasteiger charge is 2.12. The molecule has 1 saturated heterocycles. The molecule has 148 valence electrons. The van der Waals surface area contributed by atoms with Crippen molar-refractivity contribution in [3.05, 3.63) is 72.0 Å². The highest BCUT2D eigenvalue weighted by molar-refractivity contribution is 5.91. The number of nitrogens with one attached hydrogen (secondary N) is 2. The molecule has 0 unspecified atom stereocenters. The fourth-order valence-corrected chi connectivity index (χ4v) is 3.32. The molecule has 0 saturated carbocycles. The molecule has 0 radical (unpaired) electrons. The van der Waals surface area contributed by atoms with Gasteiger partial charge < -0.3 is 15.5 Å². The van der Waals surface area contributed by atoms with E-state index in [0.29, 0.717) is 11.6 Å². The molecule has 7 heteroatoms. The predicted molar refractivity (Wildman–Crippen MR) is 112 cm³/mol. The molecule has 1 amide bonds.